The molecule has 21 heavy (non-hydrogen) atoms. The monoisotopic (exact) mass is 290 g/mol. The molecule has 0 saturated carbocycles. The Balaban J connectivity index is 1.87. The number of ether oxygens (including phenoxy) is 1. The van der Waals surface area contributed by atoms with E-state index in [0.717, 1.165) is 12.3 Å². The summed E-state index contributed by atoms with van der Waals surface area (Å²) in [5.74, 6) is 0.923. The Morgan fingerprint density at radius 1 is 1.00 bits per heavy atom. The third kappa shape index (κ3) is 5.68. The SMILES string of the molecule is CC(C)Oc1ccc(C(N)CN2CCCCCCC2)cc1. The molecule has 1 heterocycles. The van der Waals surface area contributed by atoms with Gasteiger partial charge < -0.3 is 15.4 Å². The van der Waals surface area contributed by atoms with Crippen LogP contribution < -0.4 is 10.5 Å². The second kappa shape index (κ2) is 8.40. The van der Waals surface area contributed by atoms with Crippen molar-refractivity contribution in [2.24, 2.45) is 5.73 Å². The van der Waals surface area contributed by atoms with Crippen molar-refractivity contribution in [3.63, 3.8) is 0 Å². The van der Waals surface area contributed by atoms with Crippen molar-refractivity contribution < 1.29 is 4.74 Å². The van der Waals surface area contributed by atoms with E-state index in [1.165, 1.54) is 50.8 Å². The van der Waals surface area contributed by atoms with Crippen LogP contribution in [0.3, 0.4) is 0 Å². The molecule has 0 aliphatic carbocycles. The maximum Gasteiger partial charge on any atom is 0.119 e. The number of hydrogen-bond donors (Lipinski definition) is 1. The van der Waals surface area contributed by atoms with Gasteiger partial charge in [-0.25, -0.2) is 0 Å². The van der Waals surface area contributed by atoms with E-state index >= 15 is 0 Å². The number of benzene rings is 1. The minimum Gasteiger partial charge on any atom is -0.491 e. The smallest absolute Gasteiger partial charge is 0.119 e. The molecule has 1 fully saturated rings. The van der Waals surface area contributed by atoms with Crippen LogP contribution in [0.25, 0.3) is 0 Å². The summed E-state index contributed by atoms with van der Waals surface area (Å²) in [6.07, 6.45) is 6.98. The molecule has 0 aromatic heterocycles. The van der Waals surface area contributed by atoms with Crippen LogP contribution >= 0.6 is 0 Å². The lowest BCUT2D eigenvalue weighted by Crippen LogP contribution is -2.34. The molecule has 1 aromatic rings. The van der Waals surface area contributed by atoms with Crippen molar-refractivity contribution in [3.8, 4) is 5.75 Å². The molecule has 118 valence electrons. The number of nitrogens with two attached hydrogens (primary N) is 1. The van der Waals surface area contributed by atoms with Gasteiger partial charge >= 0.3 is 0 Å². The summed E-state index contributed by atoms with van der Waals surface area (Å²) in [5, 5.41) is 0. The number of hydrogen-bond acceptors (Lipinski definition) is 3. The second-order valence-corrected chi connectivity index (χ2v) is 6.41. The van der Waals surface area contributed by atoms with Gasteiger partial charge in [0.25, 0.3) is 0 Å². The fraction of sp³-hybridized carbons (Fsp3) is 0.667. The lowest BCUT2D eigenvalue weighted by molar-refractivity contribution is 0.233. The van der Waals surface area contributed by atoms with Crippen LogP contribution in [0.5, 0.6) is 5.75 Å². The molecule has 0 spiro atoms. The number of rotatable bonds is 5. The average Bonchev–Trinajstić information content (AvgIpc) is 2.41. The minimum atomic E-state index is 0.0949. The van der Waals surface area contributed by atoms with Gasteiger partial charge in [-0.1, -0.05) is 31.4 Å². The van der Waals surface area contributed by atoms with Crippen molar-refractivity contribution in [3.05, 3.63) is 29.8 Å². The van der Waals surface area contributed by atoms with E-state index < -0.39 is 0 Å². The summed E-state index contributed by atoms with van der Waals surface area (Å²) in [7, 11) is 0. The largest absolute Gasteiger partial charge is 0.491 e. The highest BCUT2D eigenvalue weighted by atomic mass is 16.5. The summed E-state index contributed by atoms with van der Waals surface area (Å²) in [6, 6.07) is 8.36. The van der Waals surface area contributed by atoms with Gasteiger partial charge in [0.05, 0.1) is 6.10 Å². The highest BCUT2D eigenvalue weighted by molar-refractivity contribution is 5.29. The summed E-state index contributed by atoms with van der Waals surface area (Å²) < 4.78 is 5.68. The number of nitrogens with zero attached hydrogens (tertiary/aromatic N) is 1. The fourth-order valence-corrected chi connectivity index (χ4v) is 2.94. The van der Waals surface area contributed by atoms with Gasteiger partial charge in [-0.2, -0.15) is 0 Å². The van der Waals surface area contributed by atoms with Crippen LogP contribution in [0.2, 0.25) is 0 Å². The summed E-state index contributed by atoms with van der Waals surface area (Å²) in [5.41, 5.74) is 7.59. The van der Waals surface area contributed by atoms with E-state index in [9.17, 15) is 0 Å². The quantitative estimate of drug-likeness (QED) is 0.898. The predicted octanol–water partition coefficient (Wildman–Crippen LogP) is 3.74. The van der Waals surface area contributed by atoms with Gasteiger partial charge in [-0.3, -0.25) is 0 Å². The van der Waals surface area contributed by atoms with Crippen LogP contribution in [-0.2, 0) is 0 Å². The topological polar surface area (TPSA) is 38.5 Å². The summed E-state index contributed by atoms with van der Waals surface area (Å²) in [4.78, 5) is 2.53. The van der Waals surface area contributed by atoms with Crippen LogP contribution in [0.15, 0.2) is 24.3 Å². The van der Waals surface area contributed by atoms with Crippen molar-refractivity contribution in [2.45, 2.75) is 58.1 Å². The molecule has 1 aliphatic heterocycles. The van der Waals surface area contributed by atoms with Crippen molar-refractivity contribution in [1.82, 2.24) is 4.90 Å². The van der Waals surface area contributed by atoms with Crippen LogP contribution in [0.1, 0.15) is 57.6 Å². The predicted molar refractivity (Wildman–Crippen MR) is 88.7 cm³/mol. The Labute approximate surface area is 129 Å². The first-order valence-electron chi connectivity index (χ1n) is 8.39. The van der Waals surface area contributed by atoms with E-state index in [-0.39, 0.29) is 12.1 Å². The Hall–Kier alpha value is -1.06. The normalized spacial score (nSPS) is 19.0. The minimum absolute atomic E-state index is 0.0949. The Morgan fingerprint density at radius 2 is 1.57 bits per heavy atom. The molecule has 1 unspecified atom stereocenters. The standard InChI is InChI=1S/C18H30N2O/c1-15(2)21-17-10-8-16(9-11-17)18(19)14-20-12-6-4-3-5-7-13-20/h8-11,15,18H,3-7,12-14,19H2,1-2H3. The van der Waals surface area contributed by atoms with Crippen LogP contribution in [0.4, 0.5) is 0 Å². The Kier molecular flexibility index (Phi) is 6.52. The van der Waals surface area contributed by atoms with Gasteiger partial charge in [0.1, 0.15) is 5.75 Å². The maximum absolute atomic E-state index is 6.38. The van der Waals surface area contributed by atoms with E-state index in [1.54, 1.807) is 0 Å². The molecule has 3 heteroatoms. The van der Waals surface area contributed by atoms with Gasteiger partial charge in [0.15, 0.2) is 0 Å². The highest BCUT2D eigenvalue weighted by Crippen LogP contribution is 2.19. The van der Waals surface area contributed by atoms with Gasteiger partial charge in [-0.15, -0.1) is 0 Å². The second-order valence-electron chi connectivity index (χ2n) is 6.41. The zero-order valence-electron chi connectivity index (χ0n) is 13.6. The first-order valence-corrected chi connectivity index (χ1v) is 8.39. The number of likely N-dealkylation sites (tertiary alicyclic amines) is 1. The van der Waals surface area contributed by atoms with Crippen LogP contribution in [-0.4, -0.2) is 30.6 Å². The highest BCUT2D eigenvalue weighted by Gasteiger charge is 2.13. The van der Waals surface area contributed by atoms with Crippen molar-refractivity contribution in [1.29, 1.82) is 0 Å². The van der Waals surface area contributed by atoms with E-state index in [0.29, 0.717) is 0 Å². The molecule has 1 atom stereocenters. The molecular weight excluding hydrogens is 260 g/mol. The van der Waals surface area contributed by atoms with Gasteiger partial charge in [-0.05, 0) is 57.5 Å². The molecule has 0 radical (unpaired) electrons. The molecule has 2 N–H and O–H groups in total. The lowest BCUT2D eigenvalue weighted by Gasteiger charge is -2.27. The van der Waals surface area contributed by atoms with E-state index in [2.05, 4.69) is 17.0 Å². The molecular formula is C18H30N2O. The van der Waals surface area contributed by atoms with Crippen LogP contribution in [0, 0.1) is 0 Å². The Morgan fingerprint density at radius 3 is 2.14 bits per heavy atom. The molecule has 1 saturated heterocycles. The maximum atomic E-state index is 6.38. The van der Waals surface area contributed by atoms with Crippen molar-refractivity contribution in [2.75, 3.05) is 19.6 Å². The first-order chi connectivity index (χ1) is 10.1. The third-order valence-corrected chi connectivity index (χ3v) is 4.08. The van der Waals surface area contributed by atoms with E-state index in [4.69, 9.17) is 10.5 Å². The van der Waals surface area contributed by atoms with Gasteiger partial charge in [0, 0.05) is 12.6 Å². The fourth-order valence-electron chi connectivity index (χ4n) is 2.94. The zero-order valence-corrected chi connectivity index (χ0v) is 13.6. The van der Waals surface area contributed by atoms with Gasteiger partial charge in [0.2, 0.25) is 0 Å². The molecule has 0 amide bonds. The van der Waals surface area contributed by atoms with Crippen molar-refractivity contribution >= 4 is 0 Å². The van der Waals surface area contributed by atoms with E-state index in [1.807, 2.05) is 26.0 Å². The molecule has 2 rings (SSSR count). The molecule has 1 aromatic carbocycles. The first kappa shape index (κ1) is 16.3. The Bertz CT molecular complexity index is 394. The summed E-state index contributed by atoms with van der Waals surface area (Å²) in [6.45, 7) is 7.44. The molecule has 1 aliphatic rings. The lowest BCUT2D eigenvalue weighted by atomic mass is 10.0. The average molecular weight is 290 g/mol. The zero-order chi connectivity index (χ0) is 15.1. The molecule has 3 nitrogen and oxygen atoms in total. The third-order valence-electron chi connectivity index (χ3n) is 4.08. The molecule has 0 bridgehead atoms. The summed E-state index contributed by atoms with van der Waals surface area (Å²) >= 11 is 0.